The number of ether oxygens (including phenoxy) is 2. The molecule has 2 N–H and O–H groups in total. The minimum absolute atomic E-state index is 0.0818. The second-order valence-corrected chi connectivity index (χ2v) is 8.71. The Bertz CT molecular complexity index is 1190. The Labute approximate surface area is 188 Å². The van der Waals surface area contributed by atoms with Crippen molar-refractivity contribution in [1.82, 2.24) is 0 Å². The molecular formula is C27H28O5. The van der Waals surface area contributed by atoms with Crippen molar-refractivity contribution in [3.8, 4) is 17.2 Å². The summed E-state index contributed by atoms with van der Waals surface area (Å²) in [5.41, 5.74) is 7.33. The van der Waals surface area contributed by atoms with Crippen molar-refractivity contribution in [1.29, 1.82) is 0 Å². The van der Waals surface area contributed by atoms with Gasteiger partial charge in [-0.2, -0.15) is 0 Å². The van der Waals surface area contributed by atoms with E-state index >= 15 is 0 Å². The number of carbonyl (C=O) groups excluding carboxylic acids is 1. The summed E-state index contributed by atoms with van der Waals surface area (Å²) in [6.07, 6.45) is -0.941. The third-order valence-corrected chi connectivity index (χ3v) is 6.45. The monoisotopic (exact) mass is 432 g/mol. The first-order chi connectivity index (χ1) is 15.1. The molecule has 1 aliphatic rings. The number of aryl methyl sites for hydroxylation is 4. The number of benzene rings is 3. The van der Waals surface area contributed by atoms with E-state index in [1.54, 1.807) is 0 Å². The molecule has 5 nitrogen and oxygen atoms in total. The highest BCUT2D eigenvalue weighted by atomic mass is 16.6. The first kappa shape index (κ1) is 21.8. The van der Waals surface area contributed by atoms with Gasteiger partial charge in [-0.3, -0.25) is 0 Å². The zero-order valence-corrected chi connectivity index (χ0v) is 19.0. The summed E-state index contributed by atoms with van der Waals surface area (Å²) < 4.78 is 12.2. The molecule has 0 radical (unpaired) electrons. The van der Waals surface area contributed by atoms with Crippen LogP contribution in [0, 0.1) is 34.6 Å². The lowest BCUT2D eigenvalue weighted by Gasteiger charge is -2.34. The Morgan fingerprint density at radius 3 is 2.25 bits per heavy atom. The average molecular weight is 433 g/mol. The van der Waals surface area contributed by atoms with E-state index in [4.69, 9.17) is 9.47 Å². The van der Waals surface area contributed by atoms with E-state index in [0.717, 1.165) is 33.4 Å². The number of hydrogen-bond donors (Lipinski definition) is 2. The van der Waals surface area contributed by atoms with Crippen LogP contribution in [0.1, 0.15) is 55.4 Å². The van der Waals surface area contributed by atoms with Gasteiger partial charge >= 0.3 is 5.97 Å². The molecular weight excluding hydrogens is 404 g/mol. The van der Waals surface area contributed by atoms with Gasteiger partial charge in [0.1, 0.15) is 23.4 Å². The number of esters is 1. The number of fused-ring (bicyclic) bond motifs is 1. The molecule has 5 heteroatoms. The fourth-order valence-electron chi connectivity index (χ4n) is 4.13. The van der Waals surface area contributed by atoms with Crippen molar-refractivity contribution in [2.24, 2.45) is 0 Å². The van der Waals surface area contributed by atoms with E-state index in [1.807, 2.05) is 65.0 Å². The van der Waals surface area contributed by atoms with E-state index < -0.39 is 18.2 Å². The molecule has 1 heterocycles. The lowest BCUT2D eigenvalue weighted by molar-refractivity contribution is -0.0188. The van der Waals surface area contributed by atoms with Crippen molar-refractivity contribution in [2.75, 3.05) is 0 Å². The molecule has 4 rings (SSSR count). The molecule has 3 aromatic carbocycles. The molecule has 0 bridgehead atoms. The lowest BCUT2D eigenvalue weighted by atomic mass is 9.92. The van der Waals surface area contributed by atoms with Crippen LogP contribution in [-0.4, -0.2) is 22.3 Å². The third kappa shape index (κ3) is 4.03. The van der Waals surface area contributed by atoms with Crippen LogP contribution >= 0.6 is 0 Å². The van der Waals surface area contributed by atoms with Gasteiger partial charge in [0.15, 0.2) is 6.10 Å². The summed E-state index contributed by atoms with van der Waals surface area (Å²) >= 11 is 0. The van der Waals surface area contributed by atoms with Gasteiger partial charge in [-0.25, -0.2) is 4.79 Å². The molecule has 0 aliphatic carbocycles. The Hall–Kier alpha value is -3.47. The molecule has 1 unspecified atom stereocenters. The highest BCUT2D eigenvalue weighted by Crippen LogP contribution is 2.43. The van der Waals surface area contributed by atoms with Crippen LogP contribution in [-0.2, 0) is 11.2 Å². The fraction of sp³-hybridized carbons (Fsp3) is 0.296. The summed E-state index contributed by atoms with van der Waals surface area (Å²) in [4.78, 5) is 13.1. The summed E-state index contributed by atoms with van der Waals surface area (Å²) in [5.74, 6) is -0.205. The van der Waals surface area contributed by atoms with Gasteiger partial charge in [-0.05, 0) is 80.1 Å². The molecule has 166 valence electrons. The van der Waals surface area contributed by atoms with Crippen LogP contribution < -0.4 is 4.74 Å². The quantitative estimate of drug-likeness (QED) is 0.531. The van der Waals surface area contributed by atoms with Gasteiger partial charge in [0.05, 0.1) is 5.56 Å². The number of rotatable bonds is 3. The minimum atomic E-state index is -0.644. The Morgan fingerprint density at radius 1 is 0.906 bits per heavy atom. The minimum Gasteiger partial charge on any atom is -0.508 e. The maximum Gasteiger partial charge on any atom is 0.338 e. The topological polar surface area (TPSA) is 76.0 Å². The number of hydrogen-bond acceptors (Lipinski definition) is 5. The smallest absolute Gasteiger partial charge is 0.338 e. The van der Waals surface area contributed by atoms with Crippen LogP contribution in [0.25, 0.3) is 0 Å². The molecule has 0 spiro atoms. The van der Waals surface area contributed by atoms with Gasteiger partial charge in [0, 0.05) is 24.1 Å². The molecule has 1 aliphatic heterocycles. The zero-order valence-electron chi connectivity index (χ0n) is 19.0. The molecule has 0 saturated carbocycles. The largest absolute Gasteiger partial charge is 0.508 e. The summed E-state index contributed by atoms with van der Waals surface area (Å²) in [5, 5.41) is 20.3. The highest BCUT2D eigenvalue weighted by molar-refractivity contribution is 5.90. The van der Waals surface area contributed by atoms with E-state index in [1.165, 1.54) is 12.1 Å². The number of phenolic OH excluding ortho intramolecular Hbond substituents is 2. The summed E-state index contributed by atoms with van der Waals surface area (Å²) in [6, 6.07) is 12.4. The van der Waals surface area contributed by atoms with Crippen LogP contribution in [0.4, 0.5) is 0 Å². The van der Waals surface area contributed by atoms with E-state index in [9.17, 15) is 15.0 Å². The maximum absolute atomic E-state index is 13.1. The average Bonchev–Trinajstić information content (AvgIpc) is 2.73. The second-order valence-electron chi connectivity index (χ2n) is 8.71. The lowest BCUT2D eigenvalue weighted by Crippen LogP contribution is -2.35. The SMILES string of the molecule is Cc1ccc(C2Oc3cc(O)cc(O)c3C[C@H]2OC(=O)c2cc(C)c(C)c(C)c2)cc1C. The van der Waals surface area contributed by atoms with Gasteiger partial charge in [-0.15, -0.1) is 0 Å². The van der Waals surface area contributed by atoms with Crippen LogP contribution in [0.2, 0.25) is 0 Å². The summed E-state index contributed by atoms with van der Waals surface area (Å²) in [7, 11) is 0. The predicted octanol–water partition coefficient (Wildman–Crippen LogP) is 5.54. The van der Waals surface area contributed by atoms with Crippen LogP contribution in [0.3, 0.4) is 0 Å². The predicted molar refractivity (Wildman–Crippen MR) is 123 cm³/mol. The van der Waals surface area contributed by atoms with Crippen molar-refractivity contribution >= 4 is 5.97 Å². The van der Waals surface area contributed by atoms with E-state index in [0.29, 0.717) is 16.9 Å². The van der Waals surface area contributed by atoms with Gasteiger partial charge in [0.25, 0.3) is 0 Å². The number of carbonyl (C=O) groups is 1. The van der Waals surface area contributed by atoms with E-state index in [-0.39, 0.29) is 17.9 Å². The van der Waals surface area contributed by atoms with E-state index in [2.05, 4.69) is 0 Å². The van der Waals surface area contributed by atoms with Crippen molar-refractivity contribution in [3.63, 3.8) is 0 Å². The molecule has 32 heavy (non-hydrogen) atoms. The molecule has 3 aromatic rings. The van der Waals surface area contributed by atoms with Crippen molar-refractivity contribution in [2.45, 2.75) is 53.2 Å². The number of aromatic hydroxyl groups is 2. The number of phenols is 2. The highest BCUT2D eigenvalue weighted by Gasteiger charge is 2.36. The standard InChI is InChI=1S/C27H28O5/c1-14-6-7-19(8-15(14)2)26-25(13-22-23(29)11-21(28)12-24(22)31-26)32-27(30)20-9-16(3)18(5)17(4)10-20/h6-12,25-26,28-29H,13H2,1-5H3/t25-,26?/m1/s1. The third-order valence-electron chi connectivity index (χ3n) is 6.45. The van der Waals surface area contributed by atoms with Gasteiger partial charge in [-0.1, -0.05) is 18.2 Å². The van der Waals surface area contributed by atoms with Gasteiger partial charge in [0.2, 0.25) is 0 Å². The second kappa shape index (κ2) is 8.23. The molecule has 0 aromatic heterocycles. The normalized spacial score (nSPS) is 17.4. The Kier molecular flexibility index (Phi) is 5.59. The summed E-state index contributed by atoms with van der Waals surface area (Å²) in [6.45, 7) is 10.0. The first-order valence-corrected chi connectivity index (χ1v) is 10.7. The fourth-order valence-corrected chi connectivity index (χ4v) is 4.13. The Morgan fingerprint density at radius 2 is 1.59 bits per heavy atom. The maximum atomic E-state index is 13.1. The molecule has 0 saturated heterocycles. The molecule has 2 atom stereocenters. The van der Waals surface area contributed by atoms with Gasteiger partial charge < -0.3 is 19.7 Å². The van der Waals surface area contributed by atoms with Crippen molar-refractivity contribution in [3.05, 3.63) is 87.0 Å². The zero-order chi connectivity index (χ0) is 23.2. The molecule has 0 fully saturated rings. The van der Waals surface area contributed by atoms with Crippen molar-refractivity contribution < 1.29 is 24.5 Å². The Balaban J connectivity index is 1.72. The first-order valence-electron chi connectivity index (χ1n) is 10.7. The molecule has 0 amide bonds. The van der Waals surface area contributed by atoms with Crippen LogP contribution in [0.5, 0.6) is 17.2 Å². The van der Waals surface area contributed by atoms with Crippen LogP contribution in [0.15, 0.2) is 42.5 Å².